The summed E-state index contributed by atoms with van der Waals surface area (Å²) in [7, 11) is 2.04. The first-order valence-electron chi connectivity index (χ1n) is 9.18. The normalized spacial score (nSPS) is 10.3. The maximum atomic E-state index is 5.86. The van der Waals surface area contributed by atoms with Gasteiger partial charge in [-0.3, -0.25) is 0 Å². The number of hydrogen-bond donors (Lipinski definition) is 0. The molecular formula is C25H21NO2. The molecular weight excluding hydrogens is 346 g/mol. The van der Waals surface area contributed by atoms with Crippen molar-refractivity contribution in [3.8, 4) is 23.0 Å². The van der Waals surface area contributed by atoms with Crippen molar-refractivity contribution in [2.45, 2.75) is 0 Å². The summed E-state index contributed by atoms with van der Waals surface area (Å²) in [5.74, 6) is 3.29. The molecule has 0 heterocycles. The Hall–Kier alpha value is -3.72. The molecule has 0 aliphatic carbocycles. The monoisotopic (exact) mass is 367 g/mol. The van der Waals surface area contributed by atoms with E-state index in [0.717, 1.165) is 34.4 Å². The van der Waals surface area contributed by atoms with E-state index in [0.29, 0.717) is 0 Å². The summed E-state index contributed by atoms with van der Waals surface area (Å²) in [5, 5.41) is 0. The van der Waals surface area contributed by atoms with Crippen LogP contribution < -0.4 is 14.4 Å². The summed E-state index contributed by atoms with van der Waals surface area (Å²) in [6, 6.07) is 35.7. The van der Waals surface area contributed by atoms with E-state index >= 15 is 0 Å². The number of ether oxygens (including phenoxy) is 2. The van der Waals surface area contributed by atoms with Gasteiger partial charge in [0.25, 0.3) is 0 Å². The van der Waals surface area contributed by atoms with Gasteiger partial charge >= 0.3 is 0 Å². The van der Waals surface area contributed by atoms with Crippen LogP contribution in [0.5, 0.6) is 23.0 Å². The summed E-state index contributed by atoms with van der Waals surface area (Å²) >= 11 is 0. The van der Waals surface area contributed by atoms with Crippen molar-refractivity contribution in [3.05, 3.63) is 109 Å². The summed E-state index contributed by atoms with van der Waals surface area (Å²) in [5.41, 5.74) is 2.16. The lowest BCUT2D eigenvalue weighted by atomic mass is 10.2. The fourth-order valence-electron chi connectivity index (χ4n) is 2.87. The Kier molecular flexibility index (Phi) is 5.25. The minimum Gasteiger partial charge on any atom is -0.457 e. The number of hydrogen-bond acceptors (Lipinski definition) is 3. The Morgan fingerprint density at radius 3 is 1.11 bits per heavy atom. The highest BCUT2D eigenvalue weighted by Gasteiger charge is 2.06. The van der Waals surface area contributed by atoms with Gasteiger partial charge in [0, 0.05) is 18.4 Å². The van der Waals surface area contributed by atoms with Crippen LogP contribution in [0.4, 0.5) is 11.4 Å². The van der Waals surface area contributed by atoms with Gasteiger partial charge in [-0.25, -0.2) is 0 Å². The maximum Gasteiger partial charge on any atom is 0.127 e. The predicted molar refractivity (Wildman–Crippen MR) is 114 cm³/mol. The molecule has 0 atom stereocenters. The lowest BCUT2D eigenvalue weighted by Crippen LogP contribution is -2.08. The number of para-hydroxylation sites is 2. The lowest BCUT2D eigenvalue weighted by molar-refractivity contribution is 0.482. The third-order valence-corrected chi connectivity index (χ3v) is 4.41. The molecule has 0 saturated carbocycles. The van der Waals surface area contributed by atoms with Gasteiger partial charge in [0.05, 0.1) is 0 Å². The standard InChI is InChI=1S/C25H21NO2/c1-26(20-12-16-24(17-13-20)27-22-8-4-2-5-9-22)21-14-18-25(19-15-21)28-23-10-6-3-7-11-23/h2-19H,1H3. The first-order chi connectivity index (χ1) is 13.8. The molecule has 3 nitrogen and oxygen atoms in total. The molecule has 4 aromatic rings. The van der Waals surface area contributed by atoms with E-state index in [1.54, 1.807) is 0 Å². The fourth-order valence-corrected chi connectivity index (χ4v) is 2.87. The van der Waals surface area contributed by atoms with Gasteiger partial charge in [0.15, 0.2) is 0 Å². The van der Waals surface area contributed by atoms with E-state index in [1.807, 2.05) is 116 Å². The van der Waals surface area contributed by atoms with Gasteiger partial charge in [-0.15, -0.1) is 0 Å². The third kappa shape index (κ3) is 4.33. The second-order valence-electron chi connectivity index (χ2n) is 6.38. The highest BCUT2D eigenvalue weighted by Crippen LogP contribution is 2.30. The number of anilines is 2. The smallest absolute Gasteiger partial charge is 0.127 e. The van der Waals surface area contributed by atoms with Crippen LogP contribution in [0.25, 0.3) is 0 Å². The third-order valence-electron chi connectivity index (χ3n) is 4.41. The van der Waals surface area contributed by atoms with Gasteiger partial charge in [-0.1, -0.05) is 36.4 Å². The zero-order valence-corrected chi connectivity index (χ0v) is 15.7. The van der Waals surface area contributed by atoms with E-state index in [2.05, 4.69) is 4.90 Å². The molecule has 138 valence electrons. The second kappa shape index (κ2) is 8.31. The fraction of sp³-hybridized carbons (Fsp3) is 0.0400. The van der Waals surface area contributed by atoms with Gasteiger partial charge in [0.1, 0.15) is 23.0 Å². The SMILES string of the molecule is CN(c1ccc(Oc2ccccc2)cc1)c1ccc(Oc2ccccc2)cc1. The highest BCUT2D eigenvalue weighted by atomic mass is 16.5. The van der Waals surface area contributed by atoms with Crippen molar-refractivity contribution in [2.75, 3.05) is 11.9 Å². The molecule has 28 heavy (non-hydrogen) atoms. The van der Waals surface area contributed by atoms with Gasteiger partial charge in [-0.2, -0.15) is 0 Å². The molecule has 0 N–H and O–H groups in total. The number of benzene rings is 4. The van der Waals surface area contributed by atoms with Crippen molar-refractivity contribution in [1.29, 1.82) is 0 Å². The Morgan fingerprint density at radius 2 is 0.750 bits per heavy atom. The highest BCUT2D eigenvalue weighted by molar-refractivity contribution is 5.63. The summed E-state index contributed by atoms with van der Waals surface area (Å²) in [6.07, 6.45) is 0. The molecule has 0 saturated heterocycles. The molecule has 0 spiro atoms. The largest absolute Gasteiger partial charge is 0.457 e. The predicted octanol–water partition coefficient (Wildman–Crippen LogP) is 7.04. The molecule has 0 radical (unpaired) electrons. The number of rotatable bonds is 6. The minimum atomic E-state index is 0.815. The van der Waals surface area contributed by atoms with E-state index in [9.17, 15) is 0 Å². The molecule has 4 rings (SSSR count). The molecule has 0 bridgehead atoms. The Balaban J connectivity index is 1.43. The molecule has 0 fully saturated rings. The van der Waals surface area contributed by atoms with Crippen LogP contribution in [-0.4, -0.2) is 7.05 Å². The summed E-state index contributed by atoms with van der Waals surface area (Å²) in [4.78, 5) is 2.12. The molecule has 0 unspecified atom stereocenters. The first kappa shape index (κ1) is 17.7. The van der Waals surface area contributed by atoms with Crippen LogP contribution in [0.15, 0.2) is 109 Å². The van der Waals surface area contributed by atoms with E-state index in [1.165, 1.54) is 0 Å². The molecule has 4 aromatic carbocycles. The average Bonchev–Trinajstić information content (AvgIpc) is 2.76. The van der Waals surface area contributed by atoms with Crippen LogP contribution in [-0.2, 0) is 0 Å². The molecule has 0 aliphatic rings. The first-order valence-corrected chi connectivity index (χ1v) is 9.18. The zero-order chi connectivity index (χ0) is 19.2. The Labute approximate surface area is 165 Å². The van der Waals surface area contributed by atoms with Crippen LogP contribution >= 0.6 is 0 Å². The van der Waals surface area contributed by atoms with Gasteiger partial charge < -0.3 is 14.4 Å². The van der Waals surface area contributed by atoms with E-state index < -0.39 is 0 Å². The average molecular weight is 367 g/mol. The van der Waals surface area contributed by atoms with Crippen molar-refractivity contribution < 1.29 is 9.47 Å². The minimum absolute atomic E-state index is 0.815. The summed E-state index contributed by atoms with van der Waals surface area (Å²) < 4.78 is 11.7. The van der Waals surface area contributed by atoms with Gasteiger partial charge in [0.2, 0.25) is 0 Å². The summed E-state index contributed by atoms with van der Waals surface area (Å²) in [6.45, 7) is 0. The number of nitrogens with zero attached hydrogens (tertiary/aromatic N) is 1. The quantitative estimate of drug-likeness (QED) is 0.365. The second-order valence-corrected chi connectivity index (χ2v) is 6.38. The van der Waals surface area contributed by atoms with Crippen LogP contribution in [0.1, 0.15) is 0 Å². The van der Waals surface area contributed by atoms with Crippen molar-refractivity contribution in [3.63, 3.8) is 0 Å². The van der Waals surface area contributed by atoms with Crippen molar-refractivity contribution in [2.24, 2.45) is 0 Å². The maximum absolute atomic E-state index is 5.86. The van der Waals surface area contributed by atoms with Gasteiger partial charge in [-0.05, 0) is 72.8 Å². The Bertz CT molecular complexity index is 913. The zero-order valence-electron chi connectivity index (χ0n) is 15.7. The van der Waals surface area contributed by atoms with Crippen LogP contribution in [0.2, 0.25) is 0 Å². The molecule has 0 amide bonds. The van der Waals surface area contributed by atoms with Crippen molar-refractivity contribution in [1.82, 2.24) is 0 Å². The van der Waals surface area contributed by atoms with Crippen LogP contribution in [0.3, 0.4) is 0 Å². The van der Waals surface area contributed by atoms with Crippen LogP contribution in [0, 0.1) is 0 Å². The van der Waals surface area contributed by atoms with E-state index in [4.69, 9.17) is 9.47 Å². The lowest BCUT2D eigenvalue weighted by Gasteiger charge is -2.20. The molecule has 0 aliphatic heterocycles. The topological polar surface area (TPSA) is 21.7 Å². The molecule has 0 aromatic heterocycles. The Morgan fingerprint density at radius 1 is 0.429 bits per heavy atom. The van der Waals surface area contributed by atoms with E-state index in [-0.39, 0.29) is 0 Å². The van der Waals surface area contributed by atoms with Crippen molar-refractivity contribution >= 4 is 11.4 Å². The molecule has 3 heteroatoms.